The standard InChI is InChI=1S/C25H23FN6O2S/c26-21-19(5-2-6-20(21)34-13-10-32-8-11-33-12-9-32)29-25-23-17(7-14-35-23)16-3-1-4-18(22(16)30-25)24-27-15-28-31-24/h1-7,14-15H,8-13H2,(H,29,30)(H,27,28,31). The van der Waals surface area contributed by atoms with Crippen LogP contribution in [0.2, 0.25) is 0 Å². The van der Waals surface area contributed by atoms with Crippen molar-refractivity contribution in [3.63, 3.8) is 0 Å². The van der Waals surface area contributed by atoms with Gasteiger partial charge in [-0.3, -0.25) is 10.00 Å². The first-order valence-electron chi connectivity index (χ1n) is 11.4. The zero-order chi connectivity index (χ0) is 23.6. The van der Waals surface area contributed by atoms with E-state index in [1.807, 2.05) is 23.6 Å². The first-order valence-corrected chi connectivity index (χ1v) is 12.3. The largest absolute Gasteiger partial charge is 0.489 e. The maximum Gasteiger partial charge on any atom is 0.188 e. The number of rotatable bonds is 7. The van der Waals surface area contributed by atoms with Crippen molar-refractivity contribution in [1.29, 1.82) is 0 Å². The molecule has 1 aliphatic heterocycles. The lowest BCUT2D eigenvalue weighted by molar-refractivity contribution is 0.0320. The summed E-state index contributed by atoms with van der Waals surface area (Å²) >= 11 is 1.56. The molecular weight excluding hydrogens is 467 g/mol. The van der Waals surface area contributed by atoms with Gasteiger partial charge in [-0.15, -0.1) is 11.3 Å². The van der Waals surface area contributed by atoms with E-state index in [1.165, 1.54) is 6.33 Å². The molecule has 2 N–H and O–H groups in total. The van der Waals surface area contributed by atoms with E-state index in [2.05, 4.69) is 31.5 Å². The van der Waals surface area contributed by atoms with E-state index in [-0.39, 0.29) is 5.75 Å². The number of nitrogens with zero attached hydrogens (tertiary/aromatic N) is 4. The number of H-pyrrole nitrogens is 1. The Bertz CT molecular complexity index is 1470. The van der Waals surface area contributed by atoms with Gasteiger partial charge >= 0.3 is 0 Å². The quantitative estimate of drug-likeness (QED) is 0.338. The van der Waals surface area contributed by atoms with Crippen LogP contribution in [-0.2, 0) is 4.74 Å². The molecule has 0 spiro atoms. The zero-order valence-corrected chi connectivity index (χ0v) is 19.6. The minimum atomic E-state index is -0.440. The predicted molar refractivity (Wildman–Crippen MR) is 135 cm³/mol. The molecule has 35 heavy (non-hydrogen) atoms. The molecule has 1 saturated heterocycles. The van der Waals surface area contributed by atoms with Crippen molar-refractivity contribution in [2.24, 2.45) is 0 Å². The second-order valence-corrected chi connectivity index (χ2v) is 9.12. The van der Waals surface area contributed by atoms with Gasteiger partial charge in [-0.05, 0) is 29.6 Å². The molecule has 1 fully saturated rings. The van der Waals surface area contributed by atoms with Crippen molar-refractivity contribution in [2.75, 3.05) is 44.8 Å². The minimum Gasteiger partial charge on any atom is -0.489 e. The van der Waals surface area contributed by atoms with Crippen molar-refractivity contribution in [1.82, 2.24) is 25.1 Å². The average molecular weight is 491 g/mol. The van der Waals surface area contributed by atoms with Crippen molar-refractivity contribution in [3.05, 3.63) is 60.0 Å². The molecule has 6 rings (SSSR count). The summed E-state index contributed by atoms with van der Waals surface area (Å²) in [7, 11) is 0. The fourth-order valence-corrected chi connectivity index (χ4v) is 5.17. The third-order valence-corrected chi connectivity index (χ3v) is 7.01. The highest BCUT2D eigenvalue weighted by molar-refractivity contribution is 7.18. The second kappa shape index (κ2) is 9.57. The SMILES string of the molecule is Fc1c(Nc2nc3c(-c4ncn[nH]4)cccc3c3ccsc23)cccc1OCCN1CCOCC1. The molecule has 5 aromatic rings. The van der Waals surface area contributed by atoms with Crippen LogP contribution in [0, 0.1) is 5.82 Å². The van der Waals surface area contributed by atoms with Gasteiger partial charge in [-0.25, -0.2) is 14.4 Å². The van der Waals surface area contributed by atoms with Crippen LogP contribution in [0.1, 0.15) is 0 Å². The van der Waals surface area contributed by atoms with Crippen LogP contribution in [-0.4, -0.2) is 64.5 Å². The number of hydrogen-bond donors (Lipinski definition) is 2. The summed E-state index contributed by atoms with van der Waals surface area (Å²) in [5, 5.41) is 14.2. The van der Waals surface area contributed by atoms with Crippen LogP contribution in [0.3, 0.4) is 0 Å². The summed E-state index contributed by atoms with van der Waals surface area (Å²) in [5.41, 5.74) is 1.90. The number of aromatic amines is 1. The van der Waals surface area contributed by atoms with E-state index in [0.717, 1.165) is 59.4 Å². The first-order chi connectivity index (χ1) is 17.3. The molecule has 0 saturated carbocycles. The summed E-state index contributed by atoms with van der Waals surface area (Å²) in [6, 6.07) is 13.1. The molecular formula is C25H23FN6O2S. The number of anilines is 2. The van der Waals surface area contributed by atoms with E-state index in [0.29, 0.717) is 23.9 Å². The van der Waals surface area contributed by atoms with E-state index >= 15 is 4.39 Å². The van der Waals surface area contributed by atoms with E-state index in [4.69, 9.17) is 14.5 Å². The van der Waals surface area contributed by atoms with Crippen LogP contribution < -0.4 is 10.1 Å². The van der Waals surface area contributed by atoms with Crippen LogP contribution in [0.25, 0.3) is 32.4 Å². The Morgan fingerprint density at radius 2 is 2.00 bits per heavy atom. The van der Waals surface area contributed by atoms with Gasteiger partial charge in [0.05, 0.1) is 29.1 Å². The number of thiophene rings is 1. The van der Waals surface area contributed by atoms with E-state index in [9.17, 15) is 0 Å². The van der Waals surface area contributed by atoms with Gasteiger partial charge in [0.2, 0.25) is 0 Å². The number of aromatic nitrogens is 4. The number of hydrogen-bond acceptors (Lipinski definition) is 8. The Labute approximate surface area is 204 Å². The molecule has 0 radical (unpaired) electrons. The minimum absolute atomic E-state index is 0.217. The highest BCUT2D eigenvalue weighted by Crippen LogP contribution is 2.38. The molecule has 10 heteroatoms. The van der Waals surface area contributed by atoms with Crippen LogP contribution in [0.4, 0.5) is 15.9 Å². The Hall–Kier alpha value is -3.60. The molecule has 3 aromatic heterocycles. The topological polar surface area (TPSA) is 88.2 Å². The van der Waals surface area contributed by atoms with E-state index in [1.54, 1.807) is 29.5 Å². The summed E-state index contributed by atoms with van der Waals surface area (Å²) in [6.07, 6.45) is 1.47. The van der Waals surface area contributed by atoms with Crippen molar-refractivity contribution in [3.8, 4) is 17.1 Å². The fraction of sp³-hybridized carbons (Fsp3) is 0.240. The molecule has 0 aliphatic carbocycles. The third kappa shape index (κ3) is 4.31. The van der Waals surface area contributed by atoms with Crippen molar-refractivity contribution in [2.45, 2.75) is 0 Å². The number of benzene rings is 2. The summed E-state index contributed by atoms with van der Waals surface area (Å²) in [6.45, 7) is 4.32. The average Bonchev–Trinajstić information content (AvgIpc) is 3.60. The Morgan fingerprint density at radius 1 is 1.11 bits per heavy atom. The number of para-hydroxylation sites is 1. The van der Waals surface area contributed by atoms with Gasteiger partial charge in [0.25, 0.3) is 0 Å². The van der Waals surface area contributed by atoms with Crippen LogP contribution >= 0.6 is 11.3 Å². The van der Waals surface area contributed by atoms with Gasteiger partial charge in [0.15, 0.2) is 17.4 Å². The number of morpholine rings is 1. The molecule has 4 heterocycles. The summed E-state index contributed by atoms with van der Waals surface area (Å²) < 4.78 is 27.5. The Balaban J connectivity index is 1.31. The highest BCUT2D eigenvalue weighted by atomic mass is 32.1. The lowest BCUT2D eigenvalue weighted by atomic mass is 10.1. The number of pyridine rings is 1. The molecule has 178 valence electrons. The molecule has 1 aliphatic rings. The fourth-order valence-electron chi connectivity index (χ4n) is 4.32. The zero-order valence-electron chi connectivity index (χ0n) is 18.8. The summed E-state index contributed by atoms with van der Waals surface area (Å²) in [5.74, 6) is 0.989. The van der Waals surface area contributed by atoms with Gasteiger partial charge < -0.3 is 14.8 Å². The van der Waals surface area contributed by atoms with Crippen molar-refractivity contribution >= 4 is 43.8 Å². The lowest BCUT2D eigenvalue weighted by Gasteiger charge is -2.26. The van der Waals surface area contributed by atoms with Crippen LogP contribution in [0.5, 0.6) is 5.75 Å². The number of nitrogens with one attached hydrogen (secondary N) is 2. The smallest absolute Gasteiger partial charge is 0.188 e. The number of fused-ring (bicyclic) bond motifs is 3. The predicted octanol–water partition coefficient (Wildman–Crippen LogP) is 4.83. The molecule has 0 amide bonds. The molecule has 0 atom stereocenters. The highest BCUT2D eigenvalue weighted by Gasteiger charge is 2.17. The molecule has 8 nitrogen and oxygen atoms in total. The molecule has 2 aromatic carbocycles. The van der Waals surface area contributed by atoms with Gasteiger partial charge in [-0.2, -0.15) is 5.10 Å². The van der Waals surface area contributed by atoms with Gasteiger partial charge in [-0.1, -0.05) is 18.2 Å². The number of halogens is 1. The normalized spacial score (nSPS) is 14.5. The van der Waals surface area contributed by atoms with Gasteiger partial charge in [0.1, 0.15) is 18.8 Å². The Kier molecular flexibility index (Phi) is 5.99. The maximum absolute atomic E-state index is 15.4. The third-order valence-electron chi connectivity index (χ3n) is 6.09. The van der Waals surface area contributed by atoms with Gasteiger partial charge in [0, 0.05) is 36.0 Å². The van der Waals surface area contributed by atoms with E-state index < -0.39 is 5.82 Å². The first kappa shape index (κ1) is 21.9. The number of ether oxygens (including phenoxy) is 2. The van der Waals surface area contributed by atoms with Crippen LogP contribution in [0.15, 0.2) is 54.2 Å². The second-order valence-electron chi connectivity index (χ2n) is 8.20. The molecule has 0 unspecified atom stereocenters. The summed E-state index contributed by atoms with van der Waals surface area (Å²) in [4.78, 5) is 11.5. The molecule has 0 bridgehead atoms. The monoisotopic (exact) mass is 490 g/mol. The van der Waals surface area contributed by atoms with Crippen molar-refractivity contribution < 1.29 is 13.9 Å². The Morgan fingerprint density at radius 3 is 2.86 bits per heavy atom. The lowest BCUT2D eigenvalue weighted by Crippen LogP contribution is -2.38. The maximum atomic E-state index is 15.4.